The third-order valence-corrected chi connectivity index (χ3v) is 1.13. The van der Waals surface area contributed by atoms with Crippen molar-refractivity contribution in [1.82, 2.24) is 0 Å². The Labute approximate surface area is 62.4 Å². The largest absolute Gasteiger partial charge is 0.272 e. The molecule has 2 nitrogen and oxygen atoms in total. The van der Waals surface area contributed by atoms with Gasteiger partial charge < -0.3 is 0 Å². The van der Waals surface area contributed by atoms with E-state index < -0.39 is 0 Å². The standard InChI is InChI=1S/C8H15NO/c1-4-5-6-9-8(10)7(2)3/h6-7H,4-5H2,1-3H3. The minimum absolute atomic E-state index is 0.0200. The first-order valence-electron chi connectivity index (χ1n) is 3.74. The molecule has 0 unspecified atom stereocenters. The van der Waals surface area contributed by atoms with Gasteiger partial charge in [0.1, 0.15) is 0 Å². The molecule has 0 spiro atoms. The predicted molar refractivity (Wildman–Crippen MR) is 43.2 cm³/mol. The molecule has 0 saturated heterocycles. The molecule has 0 fully saturated rings. The Balaban J connectivity index is 3.56. The van der Waals surface area contributed by atoms with Crippen LogP contribution in [-0.4, -0.2) is 12.1 Å². The zero-order valence-electron chi connectivity index (χ0n) is 6.92. The van der Waals surface area contributed by atoms with Crippen LogP contribution >= 0.6 is 0 Å². The van der Waals surface area contributed by atoms with Crippen molar-refractivity contribution < 1.29 is 4.79 Å². The van der Waals surface area contributed by atoms with Crippen LogP contribution < -0.4 is 0 Å². The van der Waals surface area contributed by atoms with E-state index in [0.717, 1.165) is 12.8 Å². The zero-order chi connectivity index (χ0) is 7.98. The van der Waals surface area contributed by atoms with E-state index in [4.69, 9.17) is 0 Å². The summed E-state index contributed by atoms with van der Waals surface area (Å²) in [5, 5.41) is 0. The molecule has 58 valence electrons. The van der Waals surface area contributed by atoms with Gasteiger partial charge in [-0.2, -0.15) is 0 Å². The number of nitrogens with zero attached hydrogens (tertiary/aromatic N) is 1. The first-order chi connectivity index (χ1) is 4.68. The molecule has 0 aliphatic carbocycles. The topological polar surface area (TPSA) is 29.4 Å². The molecule has 10 heavy (non-hydrogen) atoms. The van der Waals surface area contributed by atoms with E-state index >= 15 is 0 Å². The number of aliphatic imine (C=N–C) groups is 1. The Hall–Kier alpha value is -0.660. The molecule has 0 aliphatic rings. The molecule has 0 aliphatic heterocycles. The summed E-state index contributed by atoms with van der Waals surface area (Å²) in [5.74, 6) is 0.0153. The fraction of sp³-hybridized carbons (Fsp3) is 0.750. The number of unbranched alkanes of at least 4 members (excludes halogenated alkanes) is 1. The van der Waals surface area contributed by atoms with Crippen LogP contribution in [0.1, 0.15) is 33.6 Å². The van der Waals surface area contributed by atoms with E-state index in [9.17, 15) is 4.79 Å². The third kappa shape index (κ3) is 4.24. The van der Waals surface area contributed by atoms with Crippen molar-refractivity contribution in [3.63, 3.8) is 0 Å². The van der Waals surface area contributed by atoms with Gasteiger partial charge in [0.15, 0.2) is 0 Å². The van der Waals surface area contributed by atoms with Crippen LogP contribution in [0.25, 0.3) is 0 Å². The molecule has 0 N–H and O–H groups in total. The number of carbonyl (C=O) groups is 1. The van der Waals surface area contributed by atoms with Gasteiger partial charge in [0.2, 0.25) is 5.91 Å². The maximum atomic E-state index is 10.8. The quantitative estimate of drug-likeness (QED) is 0.553. The fourth-order valence-corrected chi connectivity index (χ4v) is 0.433. The van der Waals surface area contributed by atoms with Crippen LogP contribution in [0.15, 0.2) is 4.99 Å². The van der Waals surface area contributed by atoms with Crippen LogP contribution in [-0.2, 0) is 4.79 Å². The number of hydrogen-bond acceptors (Lipinski definition) is 1. The average Bonchev–Trinajstić information content (AvgIpc) is 1.88. The summed E-state index contributed by atoms with van der Waals surface area (Å²) < 4.78 is 0. The Morgan fingerprint density at radius 1 is 1.60 bits per heavy atom. The highest BCUT2D eigenvalue weighted by Gasteiger charge is 2.01. The zero-order valence-corrected chi connectivity index (χ0v) is 6.92. The number of amides is 1. The second-order valence-corrected chi connectivity index (χ2v) is 2.59. The van der Waals surface area contributed by atoms with E-state index in [1.54, 1.807) is 6.21 Å². The lowest BCUT2D eigenvalue weighted by Crippen LogP contribution is -2.02. The van der Waals surface area contributed by atoms with Gasteiger partial charge in [0, 0.05) is 12.1 Å². The highest BCUT2D eigenvalue weighted by molar-refractivity contribution is 5.86. The van der Waals surface area contributed by atoms with E-state index in [1.807, 2.05) is 13.8 Å². The normalized spacial score (nSPS) is 11.2. The molecule has 0 heterocycles. The smallest absolute Gasteiger partial charge is 0.247 e. The van der Waals surface area contributed by atoms with E-state index in [1.165, 1.54) is 0 Å². The first-order valence-corrected chi connectivity index (χ1v) is 3.74. The van der Waals surface area contributed by atoms with Crippen molar-refractivity contribution in [1.29, 1.82) is 0 Å². The molecule has 0 saturated carbocycles. The number of carbonyl (C=O) groups excluding carboxylic acids is 1. The molecule has 0 aromatic heterocycles. The molecule has 0 radical (unpaired) electrons. The predicted octanol–water partition coefficient (Wildman–Crippen LogP) is 2.04. The maximum absolute atomic E-state index is 10.8. The molecule has 0 rings (SSSR count). The summed E-state index contributed by atoms with van der Waals surface area (Å²) in [5.41, 5.74) is 0. The molecule has 1 amide bonds. The van der Waals surface area contributed by atoms with Gasteiger partial charge in [-0.25, -0.2) is 4.99 Å². The van der Waals surface area contributed by atoms with Gasteiger partial charge in [-0.3, -0.25) is 4.79 Å². The summed E-state index contributed by atoms with van der Waals surface area (Å²) in [6.45, 7) is 5.77. The lowest BCUT2D eigenvalue weighted by atomic mass is 10.2. The van der Waals surface area contributed by atoms with E-state index in [2.05, 4.69) is 11.9 Å². The summed E-state index contributed by atoms with van der Waals surface area (Å²) in [4.78, 5) is 14.6. The Bertz CT molecular complexity index is 127. The Morgan fingerprint density at radius 2 is 2.20 bits per heavy atom. The Morgan fingerprint density at radius 3 is 2.60 bits per heavy atom. The fourth-order valence-electron chi connectivity index (χ4n) is 0.433. The summed E-state index contributed by atoms with van der Waals surface area (Å²) >= 11 is 0. The van der Waals surface area contributed by atoms with E-state index in [0.29, 0.717) is 0 Å². The molecule has 2 heteroatoms. The molecular formula is C8H15NO. The third-order valence-electron chi connectivity index (χ3n) is 1.13. The van der Waals surface area contributed by atoms with Crippen molar-refractivity contribution >= 4 is 12.1 Å². The summed E-state index contributed by atoms with van der Waals surface area (Å²) in [6, 6.07) is 0. The molecular weight excluding hydrogens is 126 g/mol. The highest BCUT2D eigenvalue weighted by atomic mass is 16.1. The maximum Gasteiger partial charge on any atom is 0.247 e. The second-order valence-electron chi connectivity index (χ2n) is 2.59. The molecule has 0 aromatic carbocycles. The van der Waals surface area contributed by atoms with Crippen LogP contribution in [0, 0.1) is 5.92 Å². The van der Waals surface area contributed by atoms with Gasteiger partial charge in [-0.05, 0) is 6.42 Å². The van der Waals surface area contributed by atoms with Crippen LogP contribution in [0.4, 0.5) is 0 Å². The van der Waals surface area contributed by atoms with Crippen LogP contribution in [0.3, 0.4) is 0 Å². The lowest BCUT2D eigenvalue weighted by Gasteiger charge is -1.94. The first kappa shape index (κ1) is 9.34. The highest BCUT2D eigenvalue weighted by Crippen LogP contribution is 1.94. The molecule has 0 aromatic rings. The van der Waals surface area contributed by atoms with Crippen molar-refractivity contribution in [2.75, 3.05) is 0 Å². The van der Waals surface area contributed by atoms with Gasteiger partial charge in [0.25, 0.3) is 0 Å². The van der Waals surface area contributed by atoms with Gasteiger partial charge in [-0.15, -0.1) is 0 Å². The van der Waals surface area contributed by atoms with Crippen molar-refractivity contribution in [3.8, 4) is 0 Å². The average molecular weight is 141 g/mol. The summed E-state index contributed by atoms with van der Waals surface area (Å²) in [6.07, 6.45) is 3.65. The van der Waals surface area contributed by atoms with Crippen molar-refractivity contribution in [2.24, 2.45) is 10.9 Å². The van der Waals surface area contributed by atoms with Crippen LogP contribution in [0.5, 0.6) is 0 Å². The minimum Gasteiger partial charge on any atom is -0.272 e. The van der Waals surface area contributed by atoms with Crippen LogP contribution in [0.2, 0.25) is 0 Å². The Kier molecular flexibility index (Phi) is 4.81. The molecule has 0 bridgehead atoms. The lowest BCUT2D eigenvalue weighted by molar-refractivity contribution is -0.120. The van der Waals surface area contributed by atoms with Gasteiger partial charge in [0.05, 0.1) is 0 Å². The van der Waals surface area contributed by atoms with Crippen molar-refractivity contribution in [2.45, 2.75) is 33.6 Å². The second kappa shape index (κ2) is 5.15. The SMILES string of the molecule is CCCC=NC(=O)C(C)C. The minimum atomic E-state index is -0.0200. The van der Waals surface area contributed by atoms with Gasteiger partial charge >= 0.3 is 0 Å². The number of rotatable bonds is 3. The number of hydrogen-bond donors (Lipinski definition) is 0. The van der Waals surface area contributed by atoms with Crippen molar-refractivity contribution in [3.05, 3.63) is 0 Å². The van der Waals surface area contributed by atoms with Gasteiger partial charge in [-0.1, -0.05) is 27.2 Å². The monoisotopic (exact) mass is 141 g/mol. The molecule has 0 atom stereocenters. The summed E-state index contributed by atoms with van der Waals surface area (Å²) in [7, 11) is 0. The van der Waals surface area contributed by atoms with E-state index in [-0.39, 0.29) is 11.8 Å².